The minimum absolute atomic E-state index is 0.127. The SMILES string of the molecule is Cc1nc2ccccc2c(-c2ccc(Cl)cc2)c1C1=NN(C(=O)CCC(=O)O)[C@@H](c2ccc(Br)cc2)C1. The van der Waals surface area contributed by atoms with Crippen molar-refractivity contribution in [2.45, 2.75) is 32.2 Å². The molecule has 2 heterocycles. The van der Waals surface area contributed by atoms with Crippen LogP contribution in [0.4, 0.5) is 0 Å². The maximum atomic E-state index is 13.2. The standard InChI is InChI=1S/C29H23BrClN3O3/c1-17-28(29(19-8-12-21(31)13-9-19)22-4-2-3-5-23(22)32-17)24-16-25(18-6-10-20(30)11-7-18)34(33-24)26(35)14-15-27(36)37/h2-13,25H,14-16H2,1H3,(H,36,37)/t25-/m1/s1. The fourth-order valence-corrected chi connectivity index (χ4v) is 5.16. The van der Waals surface area contributed by atoms with E-state index in [1.54, 1.807) is 0 Å². The van der Waals surface area contributed by atoms with Gasteiger partial charge in [0.15, 0.2) is 0 Å². The van der Waals surface area contributed by atoms with Crippen LogP contribution in [-0.2, 0) is 9.59 Å². The number of aryl methyl sites for hydroxylation is 1. The molecule has 1 N–H and O–H groups in total. The van der Waals surface area contributed by atoms with E-state index in [9.17, 15) is 9.59 Å². The summed E-state index contributed by atoms with van der Waals surface area (Å²) in [6, 6.07) is 23.0. The summed E-state index contributed by atoms with van der Waals surface area (Å²) < 4.78 is 0.929. The van der Waals surface area contributed by atoms with Crippen LogP contribution >= 0.6 is 27.5 Å². The molecule has 0 saturated carbocycles. The van der Waals surface area contributed by atoms with Gasteiger partial charge in [0.05, 0.1) is 23.7 Å². The van der Waals surface area contributed by atoms with Crippen LogP contribution in [0.25, 0.3) is 22.0 Å². The maximum Gasteiger partial charge on any atom is 0.303 e. The van der Waals surface area contributed by atoms with Gasteiger partial charge < -0.3 is 5.11 Å². The summed E-state index contributed by atoms with van der Waals surface area (Å²) in [5, 5.41) is 17.0. The molecule has 1 aliphatic heterocycles. The Balaban J connectivity index is 1.67. The van der Waals surface area contributed by atoms with E-state index in [-0.39, 0.29) is 24.8 Å². The van der Waals surface area contributed by atoms with Crippen LogP contribution in [0, 0.1) is 6.92 Å². The largest absolute Gasteiger partial charge is 0.481 e. The summed E-state index contributed by atoms with van der Waals surface area (Å²) in [6.45, 7) is 1.95. The molecule has 4 aromatic rings. The van der Waals surface area contributed by atoms with Gasteiger partial charge in [-0.05, 0) is 48.4 Å². The van der Waals surface area contributed by atoms with Gasteiger partial charge in [-0.1, -0.05) is 70.0 Å². The van der Waals surface area contributed by atoms with Gasteiger partial charge in [0.2, 0.25) is 5.91 Å². The van der Waals surface area contributed by atoms with Gasteiger partial charge in [0.25, 0.3) is 0 Å². The first-order valence-electron chi connectivity index (χ1n) is 11.8. The molecule has 0 bridgehead atoms. The summed E-state index contributed by atoms with van der Waals surface area (Å²) in [5.41, 5.74) is 6.15. The van der Waals surface area contributed by atoms with Crippen molar-refractivity contribution in [3.8, 4) is 11.1 Å². The van der Waals surface area contributed by atoms with E-state index in [2.05, 4.69) is 15.9 Å². The zero-order chi connectivity index (χ0) is 26.1. The number of nitrogens with zero attached hydrogens (tertiary/aromatic N) is 3. The minimum atomic E-state index is -1.02. The molecule has 1 aliphatic rings. The molecule has 37 heavy (non-hydrogen) atoms. The molecule has 186 valence electrons. The van der Waals surface area contributed by atoms with Crippen molar-refractivity contribution in [3.63, 3.8) is 0 Å². The third kappa shape index (κ3) is 5.15. The highest BCUT2D eigenvalue weighted by Crippen LogP contribution is 2.40. The summed E-state index contributed by atoms with van der Waals surface area (Å²) in [6.07, 6.45) is 0.0971. The molecule has 0 aliphatic carbocycles. The monoisotopic (exact) mass is 575 g/mol. The van der Waals surface area contributed by atoms with Crippen molar-refractivity contribution in [1.82, 2.24) is 9.99 Å². The highest BCUT2D eigenvalue weighted by atomic mass is 79.9. The first kappa shape index (κ1) is 25.1. The smallest absolute Gasteiger partial charge is 0.303 e. The van der Waals surface area contributed by atoms with Crippen LogP contribution in [0.15, 0.2) is 82.4 Å². The number of carboxylic acids is 1. The lowest BCUT2D eigenvalue weighted by molar-refractivity contribution is -0.141. The van der Waals surface area contributed by atoms with Crippen molar-refractivity contribution < 1.29 is 14.7 Å². The second-order valence-corrected chi connectivity index (χ2v) is 10.3. The Hall–Kier alpha value is -3.55. The second-order valence-electron chi connectivity index (χ2n) is 8.92. The molecular formula is C29H23BrClN3O3. The Labute approximate surface area is 227 Å². The molecule has 0 radical (unpaired) electrons. The van der Waals surface area contributed by atoms with Gasteiger partial charge in [0, 0.05) is 44.5 Å². The van der Waals surface area contributed by atoms with Crippen LogP contribution in [0.5, 0.6) is 0 Å². The van der Waals surface area contributed by atoms with Crippen molar-refractivity contribution >= 4 is 56.0 Å². The van der Waals surface area contributed by atoms with E-state index in [1.165, 1.54) is 5.01 Å². The molecule has 1 atom stereocenters. The van der Waals surface area contributed by atoms with Gasteiger partial charge >= 0.3 is 5.97 Å². The molecule has 8 heteroatoms. The Morgan fingerprint density at radius 3 is 2.41 bits per heavy atom. The topological polar surface area (TPSA) is 82.9 Å². The maximum absolute atomic E-state index is 13.2. The van der Waals surface area contributed by atoms with Gasteiger partial charge in [0.1, 0.15) is 0 Å². The third-order valence-electron chi connectivity index (χ3n) is 6.47. The van der Waals surface area contributed by atoms with Gasteiger partial charge in [-0.15, -0.1) is 0 Å². The Morgan fingerprint density at radius 2 is 1.70 bits per heavy atom. The van der Waals surface area contributed by atoms with Crippen LogP contribution in [-0.4, -0.2) is 32.7 Å². The summed E-state index contributed by atoms with van der Waals surface area (Å²) >= 11 is 9.66. The van der Waals surface area contributed by atoms with Gasteiger partial charge in [-0.25, -0.2) is 5.01 Å². The fraction of sp³-hybridized carbons (Fsp3) is 0.172. The van der Waals surface area contributed by atoms with E-state index in [0.29, 0.717) is 11.4 Å². The van der Waals surface area contributed by atoms with Crippen molar-refractivity contribution in [2.75, 3.05) is 0 Å². The number of hydrazone groups is 1. The molecule has 6 nitrogen and oxygen atoms in total. The zero-order valence-electron chi connectivity index (χ0n) is 20.0. The lowest BCUT2D eigenvalue weighted by atomic mass is 9.89. The lowest BCUT2D eigenvalue weighted by Crippen LogP contribution is -2.27. The first-order chi connectivity index (χ1) is 17.8. The number of hydrogen-bond acceptors (Lipinski definition) is 4. The summed E-state index contributed by atoms with van der Waals surface area (Å²) in [4.78, 5) is 29.2. The van der Waals surface area contributed by atoms with Gasteiger partial charge in [-0.2, -0.15) is 5.10 Å². The molecule has 3 aromatic carbocycles. The van der Waals surface area contributed by atoms with Crippen LogP contribution in [0.2, 0.25) is 5.02 Å². The number of rotatable bonds is 6. The quantitative estimate of drug-likeness (QED) is 0.264. The van der Waals surface area contributed by atoms with E-state index >= 15 is 0 Å². The number of carbonyl (C=O) groups excluding carboxylic acids is 1. The normalized spacial score (nSPS) is 15.2. The minimum Gasteiger partial charge on any atom is -0.481 e. The number of carbonyl (C=O) groups is 2. The van der Waals surface area contributed by atoms with Crippen LogP contribution in [0.3, 0.4) is 0 Å². The summed E-state index contributed by atoms with van der Waals surface area (Å²) in [5.74, 6) is -1.35. The number of fused-ring (bicyclic) bond motifs is 1. The first-order valence-corrected chi connectivity index (χ1v) is 13.0. The van der Waals surface area contributed by atoms with E-state index < -0.39 is 5.97 Å². The van der Waals surface area contributed by atoms with Crippen LogP contribution in [0.1, 0.15) is 42.1 Å². The number of aliphatic carboxylic acids is 1. The average Bonchev–Trinajstić information content (AvgIpc) is 3.32. The van der Waals surface area contributed by atoms with E-state index in [4.69, 9.17) is 26.8 Å². The highest BCUT2D eigenvalue weighted by Gasteiger charge is 2.35. The van der Waals surface area contributed by atoms with Crippen molar-refractivity contribution in [2.24, 2.45) is 5.10 Å². The Morgan fingerprint density at radius 1 is 1.00 bits per heavy atom. The molecule has 0 spiro atoms. The highest BCUT2D eigenvalue weighted by molar-refractivity contribution is 9.10. The Kier molecular flexibility index (Phi) is 7.09. The predicted molar refractivity (Wildman–Crippen MR) is 149 cm³/mol. The predicted octanol–water partition coefficient (Wildman–Crippen LogP) is 7.17. The van der Waals surface area contributed by atoms with Crippen molar-refractivity contribution in [3.05, 3.63) is 99.1 Å². The summed E-state index contributed by atoms with van der Waals surface area (Å²) in [7, 11) is 0. The molecule has 1 amide bonds. The second kappa shape index (κ2) is 10.4. The number of hydrogen-bond donors (Lipinski definition) is 1. The lowest BCUT2D eigenvalue weighted by Gasteiger charge is -2.22. The third-order valence-corrected chi connectivity index (χ3v) is 7.25. The number of para-hydroxylation sites is 1. The number of benzene rings is 3. The van der Waals surface area contributed by atoms with E-state index in [0.717, 1.165) is 49.0 Å². The van der Waals surface area contributed by atoms with E-state index in [1.807, 2.05) is 79.7 Å². The number of pyridine rings is 1. The van der Waals surface area contributed by atoms with Gasteiger partial charge in [-0.3, -0.25) is 14.6 Å². The molecule has 0 fully saturated rings. The number of carboxylic acid groups (broad SMARTS) is 1. The average molecular weight is 577 g/mol. The molecule has 0 saturated heterocycles. The fourth-order valence-electron chi connectivity index (χ4n) is 4.77. The molecule has 5 rings (SSSR count). The number of aromatic nitrogens is 1. The van der Waals surface area contributed by atoms with Crippen LogP contribution < -0.4 is 0 Å². The molecular weight excluding hydrogens is 554 g/mol. The Bertz CT molecular complexity index is 1540. The number of halogens is 2. The van der Waals surface area contributed by atoms with Crippen molar-refractivity contribution in [1.29, 1.82) is 0 Å². The molecule has 0 unspecified atom stereocenters. The molecule has 1 aromatic heterocycles. The number of amides is 1. The zero-order valence-corrected chi connectivity index (χ0v) is 22.3.